The summed E-state index contributed by atoms with van der Waals surface area (Å²) in [5, 5.41) is 0. The molecule has 2 N–H and O–H groups in total. The third-order valence-electron chi connectivity index (χ3n) is 3.65. The Morgan fingerprint density at radius 3 is 2.78 bits per heavy atom. The molecule has 106 valence electrons. The zero-order chi connectivity index (χ0) is 13.4. The average molecular weight is 257 g/mol. The molecule has 0 amide bonds. The van der Waals surface area contributed by atoms with Crippen LogP contribution in [0.2, 0.25) is 0 Å². The highest BCUT2D eigenvalue weighted by molar-refractivity contribution is 5.69. The van der Waals surface area contributed by atoms with Crippen molar-refractivity contribution in [3.63, 3.8) is 0 Å². The first kappa shape index (κ1) is 15.4. The van der Waals surface area contributed by atoms with E-state index in [1.807, 2.05) is 0 Å². The van der Waals surface area contributed by atoms with E-state index >= 15 is 0 Å². The molecule has 2 unspecified atom stereocenters. The van der Waals surface area contributed by atoms with E-state index in [0.29, 0.717) is 31.4 Å². The third kappa shape index (κ3) is 5.83. The van der Waals surface area contributed by atoms with Gasteiger partial charge in [0.25, 0.3) is 0 Å². The fraction of sp³-hybridized carbons (Fsp3) is 0.929. The predicted molar refractivity (Wildman–Crippen MR) is 71.2 cm³/mol. The smallest absolute Gasteiger partial charge is 0.305 e. The van der Waals surface area contributed by atoms with E-state index in [9.17, 15) is 4.79 Å². The molecule has 1 fully saturated rings. The molecule has 18 heavy (non-hydrogen) atoms. The van der Waals surface area contributed by atoms with Crippen molar-refractivity contribution in [2.24, 2.45) is 17.6 Å². The van der Waals surface area contributed by atoms with E-state index in [1.54, 1.807) is 0 Å². The Hall–Kier alpha value is -0.610. The van der Waals surface area contributed by atoms with Gasteiger partial charge in [-0.15, -0.1) is 0 Å². The van der Waals surface area contributed by atoms with Gasteiger partial charge < -0.3 is 15.2 Å². The van der Waals surface area contributed by atoms with Crippen molar-refractivity contribution in [2.45, 2.75) is 52.1 Å². The number of hydrogen-bond acceptors (Lipinski definition) is 4. The van der Waals surface area contributed by atoms with Gasteiger partial charge in [0, 0.05) is 13.0 Å². The van der Waals surface area contributed by atoms with Crippen molar-refractivity contribution >= 4 is 5.97 Å². The van der Waals surface area contributed by atoms with Crippen LogP contribution in [0.15, 0.2) is 0 Å². The fourth-order valence-electron chi connectivity index (χ4n) is 2.36. The largest absolute Gasteiger partial charge is 0.463 e. The number of rotatable bonds is 8. The van der Waals surface area contributed by atoms with Crippen molar-refractivity contribution in [1.82, 2.24) is 0 Å². The molecule has 1 aliphatic rings. The minimum atomic E-state index is -0.104. The number of esters is 1. The Morgan fingerprint density at radius 1 is 1.44 bits per heavy atom. The summed E-state index contributed by atoms with van der Waals surface area (Å²) >= 11 is 0. The lowest BCUT2D eigenvalue weighted by molar-refractivity contribution is -0.147. The van der Waals surface area contributed by atoms with E-state index in [-0.39, 0.29) is 12.1 Å². The molecule has 1 rings (SSSR count). The molecular weight excluding hydrogens is 230 g/mol. The zero-order valence-electron chi connectivity index (χ0n) is 11.7. The van der Waals surface area contributed by atoms with Crippen LogP contribution in [0.25, 0.3) is 0 Å². The van der Waals surface area contributed by atoms with Crippen LogP contribution in [0.1, 0.15) is 46.0 Å². The van der Waals surface area contributed by atoms with Gasteiger partial charge in [0.15, 0.2) is 0 Å². The third-order valence-corrected chi connectivity index (χ3v) is 3.65. The molecule has 0 aromatic heterocycles. The van der Waals surface area contributed by atoms with Gasteiger partial charge in [0.05, 0.1) is 6.10 Å². The summed E-state index contributed by atoms with van der Waals surface area (Å²) in [6.07, 6.45) is 4.56. The van der Waals surface area contributed by atoms with Crippen LogP contribution in [-0.2, 0) is 14.3 Å². The topological polar surface area (TPSA) is 61.6 Å². The molecular formula is C14H27NO3. The molecule has 0 aromatic carbocycles. The molecule has 0 aromatic rings. The minimum Gasteiger partial charge on any atom is -0.463 e. The normalized spacial score (nSPS) is 21.2. The van der Waals surface area contributed by atoms with Crippen LogP contribution in [-0.4, -0.2) is 31.8 Å². The minimum absolute atomic E-state index is 0.104. The van der Waals surface area contributed by atoms with Gasteiger partial charge in [0.1, 0.15) is 6.61 Å². The first-order valence-electron chi connectivity index (χ1n) is 7.10. The number of hydrogen-bond donors (Lipinski definition) is 1. The summed E-state index contributed by atoms with van der Waals surface area (Å²) in [7, 11) is 0. The Kier molecular flexibility index (Phi) is 7.28. The summed E-state index contributed by atoms with van der Waals surface area (Å²) in [6, 6.07) is 0. The molecule has 0 saturated carbocycles. The Morgan fingerprint density at radius 2 is 2.22 bits per heavy atom. The number of carbonyl (C=O) groups excluding carboxylic acids is 1. The van der Waals surface area contributed by atoms with Gasteiger partial charge in [-0.2, -0.15) is 0 Å². The highest BCUT2D eigenvalue weighted by Gasteiger charge is 2.19. The first-order valence-corrected chi connectivity index (χ1v) is 7.10. The highest BCUT2D eigenvalue weighted by Crippen LogP contribution is 2.20. The van der Waals surface area contributed by atoms with Gasteiger partial charge in [-0.25, -0.2) is 0 Å². The molecule has 1 saturated heterocycles. The van der Waals surface area contributed by atoms with Crippen molar-refractivity contribution in [2.75, 3.05) is 19.8 Å². The standard InChI is InChI=1S/C14H27NO3/c1-11(2)12(7-8-15)5-6-14(16)18-10-13-4-3-9-17-13/h11-13H,3-10,15H2,1-2H3. The molecule has 0 bridgehead atoms. The summed E-state index contributed by atoms with van der Waals surface area (Å²) in [5.41, 5.74) is 5.58. The van der Waals surface area contributed by atoms with Crippen LogP contribution in [0.5, 0.6) is 0 Å². The van der Waals surface area contributed by atoms with E-state index in [2.05, 4.69) is 13.8 Å². The Balaban J connectivity index is 2.14. The second-order valence-corrected chi connectivity index (χ2v) is 5.44. The monoisotopic (exact) mass is 257 g/mol. The molecule has 0 spiro atoms. The maximum absolute atomic E-state index is 11.6. The molecule has 2 atom stereocenters. The van der Waals surface area contributed by atoms with Crippen molar-refractivity contribution in [3.8, 4) is 0 Å². The molecule has 0 radical (unpaired) electrons. The predicted octanol–water partition coefficient (Wildman–Crippen LogP) is 2.11. The molecule has 4 heteroatoms. The van der Waals surface area contributed by atoms with Gasteiger partial charge in [-0.3, -0.25) is 4.79 Å². The van der Waals surface area contributed by atoms with Gasteiger partial charge in [0.2, 0.25) is 0 Å². The average Bonchev–Trinajstić information content (AvgIpc) is 2.84. The molecule has 1 heterocycles. The maximum Gasteiger partial charge on any atom is 0.305 e. The number of carbonyl (C=O) groups is 1. The fourth-order valence-corrected chi connectivity index (χ4v) is 2.36. The quantitative estimate of drug-likeness (QED) is 0.676. The number of ether oxygens (including phenoxy) is 2. The van der Waals surface area contributed by atoms with Crippen LogP contribution in [0, 0.1) is 11.8 Å². The summed E-state index contributed by atoms with van der Waals surface area (Å²) in [6.45, 7) is 6.26. The van der Waals surface area contributed by atoms with Crippen molar-refractivity contribution in [3.05, 3.63) is 0 Å². The van der Waals surface area contributed by atoms with E-state index in [0.717, 1.165) is 32.3 Å². The van der Waals surface area contributed by atoms with Crippen LogP contribution in [0.3, 0.4) is 0 Å². The van der Waals surface area contributed by atoms with Gasteiger partial charge in [-0.1, -0.05) is 13.8 Å². The lowest BCUT2D eigenvalue weighted by Crippen LogP contribution is -2.20. The maximum atomic E-state index is 11.6. The lowest BCUT2D eigenvalue weighted by atomic mass is 9.88. The van der Waals surface area contributed by atoms with Crippen molar-refractivity contribution in [1.29, 1.82) is 0 Å². The zero-order valence-corrected chi connectivity index (χ0v) is 11.7. The first-order chi connectivity index (χ1) is 8.63. The van der Waals surface area contributed by atoms with E-state index in [4.69, 9.17) is 15.2 Å². The van der Waals surface area contributed by atoms with Gasteiger partial charge >= 0.3 is 5.97 Å². The second-order valence-electron chi connectivity index (χ2n) is 5.44. The van der Waals surface area contributed by atoms with Crippen LogP contribution < -0.4 is 5.73 Å². The molecule has 0 aliphatic carbocycles. The summed E-state index contributed by atoms with van der Waals surface area (Å²) in [4.78, 5) is 11.6. The molecule has 1 aliphatic heterocycles. The van der Waals surface area contributed by atoms with Gasteiger partial charge in [-0.05, 0) is 44.1 Å². The van der Waals surface area contributed by atoms with Crippen LogP contribution in [0.4, 0.5) is 0 Å². The van der Waals surface area contributed by atoms with E-state index in [1.165, 1.54) is 0 Å². The Labute approximate surface area is 110 Å². The van der Waals surface area contributed by atoms with E-state index < -0.39 is 0 Å². The molecule has 4 nitrogen and oxygen atoms in total. The SMILES string of the molecule is CC(C)C(CCN)CCC(=O)OCC1CCCO1. The number of nitrogens with two attached hydrogens (primary N) is 1. The Bertz CT molecular complexity index is 237. The highest BCUT2D eigenvalue weighted by atomic mass is 16.6. The lowest BCUT2D eigenvalue weighted by Gasteiger charge is -2.19. The summed E-state index contributed by atoms with van der Waals surface area (Å²) < 4.78 is 10.7. The second kappa shape index (κ2) is 8.48. The van der Waals surface area contributed by atoms with Crippen molar-refractivity contribution < 1.29 is 14.3 Å². The summed E-state index contributed by atoms with van der Waals surface area (Å²) in [5.74, 6) is 0.984. The van der Waals surface area contributed by atoms with Crippen LogP contribution >= 0.6 is 0 Å².